The van der Waals surface area contributed by atoms with Crippen LogP contribution in [-0.2, 0) is 4.79 Å². The molecule has 170 valence electrons. The molecule has 0 bridgehead atoms. The lowest BCUT2D eigenvalue weighted by molar-refractivity contribution is -0.127. The van der Waals surface area contributed by atoms with Crippen LogP contribution in [0, 0.1) is 0 Å². The minimum absolute atomic E-state index is 0. The average Bonchev–Trinajstić information content (AvgIpc) is 2.81. The molecule has 2 unspecified atom stereocenters. The van der Waals surface area contributed by atoms with Crippen LogP contribution in [0.4, 0.5) is 5.82 Å². The summed E-state index contributed by atoms with van der Waals surface area (Å²) in [6.07, 6.45) is 1.02. The molecule has 3 aromatic rings. The van der Waals surface area contributed by atoms with Crippen LogP contribution in [0.3, 0.4) is 0 Å². The van der Waals surface area contributed by atoms with E-state index < -0.39 is 6.10 Å². The van der Waals surface area contributed by atoms with Gasteiger partial charge < -0.3 is 9.64 Å². The van der Waals surface area contributed by atoms with E-state index in [9.17, 15) is 4.79 Å². The number of anilines is 1. The normalized spacial score (nSPS) is 15.8. The van der Waals surface area contributed by atoms with E-state index in [4.69, 9.17) is 4.74 Å². The first-order valence-electron chi connectivity index (χ1n) is 10.5. The van der Waals surface area contributed by atoms with Gasteiger partial charge in [0, 0.05) is 18.3 Å². The number of amides is 1. The number of hydrogen-bond acceptors (Lipinski definition) is 4. The molecule has 1 aromatic heterocycles. The highest BCUT2D eigenvalue weighted by Gasteiger charge is 2.41. The Bertz CT molecular complexity index is 985. The molecule has 0 aliphatic carbocycles. The lowest BCUT2D eigenvalue weighted by Gasteiger charge is -2.40. The van der Waals surface area contributed by atoms with Crippen LogP contribution in [-0.4, -0.2) is 35.4 Å². The number of carbonyl (C=O) groups excluding carboxylic acids is 1. The summed E-state index contributed by atoms with van der Waals surface area (Å²) in [5.74, 6) is 1.12. The molecule has 2 atom stereocenters. The van der Waals surface area contributed by atoms with Crippen LogP contribution in [0.25, 0.3) is 0 Å². The standard InChI is InChI=1S/C25H27N3O2.2ClH/c1-3-27(4-2)18-21(19-12-7-5-8-13-19)28-24-22(16-11-17-26-24)30-23(25(28)29)20-14-9-6-10-15-20;;/h5-17,21,23H,3-4,18H2,1-2H3;2*1H. The number of aromatic nitrogens is 1. The summed E-state index contributed by atoms with van der Waals surface area (Å²) >= 11 is 0. The molecule has 0 radical (unpaired) electrons. The fourth-order valence-corrected chi connectivity index (χ4v) is 3.94. The van der Waals surface area contributed by atoms with Gasteiger partial charge in [0.05, 0.1) is 6.04 Å². The van der Waals surface area contributed by atoms with Gasteiger partial charge in [0.25, 0.3) is 5.91 Å². The molecule has 2 heterocycles. The molecular weight excluding hydrogens is 445 g/mol. The van der Waals surface area contributed by atoms with Gasteiger partial charge >= 0.3 is 0 Å². The predicted octanol–water partition coefficient (Wildman–Crippen LogP) is 5.48. The second-order valence-corrected chi connectivity index (χ2v) is 7.35. The molecule has 4 rings (SSSR count). The predicted molar refractivity (Wildman–Crippen MR) is 133 cm³/mol. The first-order valence-corrected chi connectivity index (χ1v) is 10.5. The van der Waals surface area contributed by atoms with Gasteiger partial charge in [0.1, 0.15) is 0 Å². The van der Waals surface area contributed by atoms with Crippen LogP contribution in [0.2, 0.25) is 0 Å². The quantitative estimate of drug-likeness (QED) is 0.455. The SMILES string of the molecule is CCN(CC)CC(c1ccccc1)N1C(=O)C(c2ccccc2)Oc2cccnc21.Cl.Cl. The van der Waals surface area contributed by atoms with E-state index >= 15 is 0 Å². The van der Waals surface area contributed by atoms with Crippen molar-refractivity contribution >= 4 is 36.5 Å². The lowest BCUT2D eigenvalue weighted by atomic mass is 10.00. The molecule has 7 heteroatoms. The molecule has 0 saturated heterocycles. The zero-order valence-electron chi connectivity index (χ0n) is 18.3. The molecule has 0 fully saturated rings. The minimum Gasteiger partial charge on any atom is -0.472 e. The van der Waals surface area contributed by atoms with Crippen LogP contribution in [0.1, 0.15) is 37.1 Å². The first kappa shape index (κ1) is 25.7. The number of rotatable bonds is 7. The summed E-state index contributed by atoms with van der Waals surface area (Å²) in [5, 5.41) is 0. The Balaban J connectivity index is 0.00000181. The Hall–Kier alpha value is -2.60. The van der Waals surface area contributed by atoms with Gasteiger partial charge in [-0.15, -0.1) is 24.8 Å². The maximum absolute atomic E-state index is 13.8. The number of halogens is 2. The molecular formula is C25H29Cl2N3O2. The van der Waals surface area contributed by atoms with Crippen LogP contribution in [0.15, 0.2) is 79.0 Å². The van der Waals surface area contributed by atoms with Crippen molar-refractivity contribution in [3.63, 3.8) is 0 Å². The van der Waals surface area contributed by atoms with E-state index in [-0.39, 0.29) is 36.8 Å². The summed E-state index contributed by atoms with van der Waals surface area (Å²) in [7, 11) is 0. The number of hydrogen-bond donors (Lipinski definition) is 0. The van der Waals surface area contributed by atoms with Gasteiger partial charge in [-0.1, -0.05) is 74.5 Å². The molecule has 2 aromatic carbocycles. The number of ether oxygens (including phenoxy) is 1. The first-order chi connectivity index (χ1) is 14.7. The van der Waals surface area contributed by atoms with E-state index in [0.717, 1.165) is 30.8 Å². The Morgan fingerprint density at radius 1 is 0.938 bits per heavy atom. The highest BCUT2D eigenvalue weighted by atomic mass is 35.5. The van der Waals surface area contributed by atoms with Crippen molar-refractivity contribution in [2.75, 3.05) is 24.5 Å². The second kappa shape index (κ2) is 11.9. The molecule has 0 N–H and O–H groups in total. The molecule has 1 amide bonds. The Kier molecular flexibility index (Phi) is 9.51. The van der Waals surface area contributed by atoms with E-state index in [1.165, 1.54) is 0 Å². The number of benzene rings is 2. The third kappa shape index (κ3) is 5.23. The fraction of sp³-hybridized carbons (Fsp3) is 0.280. The summed E-state index contributed by atoms with van der Waals surface area (Å²) in [6, 6.07) is 23.4. The third-order valence-corrected chi connectivity index (χ3v) is 5.61. The third-order valence-electron chi connectivity index (χ3n) is 5.61. The van der Waals surface area contributed by atoms with Gasteiger partial charge in [-0.3, -0.25) is 9.69 Å². The van der Waals surface area contributed by atoms with E-state index in [1.807, 2.05) is 65.6 Å². The van der Waals surface area contributed by atoms with E-state index in [0.29, 0.717) is 11.6 Å². The Morgan fingerprint density at radius 3 is 2.19 bits per heavy atom. The maximum atomic E-state index is 13.8. The van der Waals surface area contributed by atoms with Gasteiger partial charge in [-0.2, -0.15) is 0 Å². The summed E-state index contributed by atoms with van der Waals surface area (Å²) in [4.78, 5) is 22.5. The van der Waals surface area contributed by atoms with Crippen LogP contribution in [0.5, 0.6) is 5.75 Å². The maximum Gasteiger partial charge on any atom is 0.274 e. The molecule has 32 heavy (non-hydrogen) atoms. The largest absolute Gasteiger partial charge is 0.472 e. The topological polar surface area (TPSA) is 45.7 Å². The van der Waals surface area contributed by atoms with Crippen LogP contribution < -0.4 is 9.64 Å². The van der Waals surface area contributed by atoms with E-state index in [1.54, 1.807) is 6.20 Å². The van der Waals surface area contributed by atoms with Crippen molar-refractivity contribution in [1.29, 1.82) is 0 Å². The fourth-order valence-electron chi connectivity index (χ4n) is 3.94. The zero-order chi connectivity index (χ0) is 20.9. The second-order valence-electron chi connectivity index (χ2n) is 7.35. The average molecular weight is 474 g/mol. The smallest absolute Gasteiger partial charge is 0.274 e. The number of fused-ring (bicyclic) bond motifs is 1. The monoisotopic (exact) mass is 473 g/mol. The minimum atomic E-state index is -0.689. The zero-order valence-corrected chi connectivity index (χ0v) is 19.9. The van der Waals surface area contributed by atoms with Gasteiger partial charge in [-0.25, -0.2) is 4.98 Å². The summed E-state index contributed by atoms with van der Waals surface area (Å²) in [6.45, 7) is 6.84. The summed E-state index contributed by atoms with van der Waals surface area (Å²) in [5.41, 5.74) is 1.93. The Morgan fingerprint density at radius 2 is 1.56 bits per heavy atom. The number of pyridine rings is 1. The van der Waals surface area contributed by atoms with Crippen LogP contribution >= 0.6 is 24.8 Å². The van der Waals surface area contributed by atoms with Gasteiger partial charge in [0.15, 0.2) is 11.6 Å². The molecule has 1 aliphatic rings. The van der Waals surface area contributed by atoms with Crippen molar-refractivity contribution < 1.29 is 9.53 Å². The number of carbonyl (C=O) groups is 1. The van der Waals surface area contributed by atoms with E-state index in [2.05, 4.69) is 35.9 Å². The molecule has 5 nitrogen and oxygen atoms in total. The van der Waals surface area contributed by atoms with Crippen molar-refractivity contribution in [2.24, 2.45) is 0 Å². The van der Waals surface area contributed by atoms with Gasteiger partial charge in [-0.05, 0) is 30.8 Å². The number of likely N-dealkylation sites (N-methyl/N-ethyl adjacent to an activating group) is 1. The van der Waals surface area contributed by atoms with Crippen molar-refractivity contribution in [3.8, 4) is 5.75 Å². The Labute approximate surface area is 202 Å². The van der Waals surface area contributed by atoms with Crippen molar-refractivity contribution in [2.45, 2.75) is 26.0 Å². The highest BCUT2D eigenvalue weighted by Crippen LogP contribution is 2.41. The van der Waals surface area contributed by atoms with Crippen molar-refractivity contribution in [3.05, 3.63) is 90.1 Å². The number of nitrogens with zero attached hydrogens (tertiary/aromatic N) is 3. The molecule has 0 spiro atoms. The molecule has 0 saturated carbocycles. The summed E-state index contributed by atoms with van der Waals surface area (Å²) < 4.78 is 6.14. The lowest BCUT2D eigenvalue weighted by Crippen LogP contribution is -2.47. The molecule has 1 aliphatic heterocycles. The van der Waals surface area contributed by atoms with Gasteiger partial charge in [0.2, 0.25) is 6.10 Å². The highest BCUT2D eigenvalue weighted by molar-refractivity contribution is 6.00. The van der Waals surface area contributed by atoms with Crippen molar-refractivity contribution in [1.82, 2.24) is 9.88 Å².